The Morgan fingerprint density at radius 3 is 2.65 bits per heavy atom. The highest BCUT2D eigenvalue weighted by Crippen LogP contribution is 2.31. The summed E-state index contributed by atoms with van der Waals surface area (Å²) < 4.78 is 4.99. The molecule has 0 unspecified atom stereocenters. The van der Waals surface area contributed by atoms with Crippen LogP contribution in [0.25, 0.3) is 0 Å². The highest BCUT2D eigenvalue weighted by Gasteiger charge is 2.37. The maximum Gasteiger partial charge on any atom is 0.251 e. The Balaban J connectivity index is 2.38. The van der Waals surface area contributed by atoms with Gasteiger partial charge in [-0.05, 0) is 18.2 Å². The maximum atomic E-state index is 11.7. The molecule has 1 aromatic rings. The van der Waals surface area contributed by atoms with Gasteiger partial charge in [0.25, 0.3) is 5.91 Å². The Bertz CT molecular complexity index is 490. The number of benzene rings is 1. The van der Waals surface area contributed by atoms with Crippen LogP contribution < -0.4 is 15.4 Å². The van der Waals surface area contributed by atoms with Gasteiger partial charge in [-0.15, -0.1) is 0 Å². The Kier molecular flexibility index (Phi) is 3.04. The first-order valence-corrected chi connectivity index (χ1v) is 5.38. The summed E-state index contributed by atoms with van der Waals surface area (Å²) in [4.78, 5) is 24.4. The lowest BCUT2D eigenvalue weighted by Crippen LogP contribution is -2.35. The second-order valence-corrected chi connectivity index (χ2v) is 4.10. The fourth-order valence-corrected chi connectivity index (χ4v) is 1.97. The summed E-state index contributed by atoms with van der Waals surface area (Å²) in [5.41, 5.74) is 5.94. The minimum Gasteiger partial charge on any atom is -0.495 e. The lowest BCUT2D eigenvalue weighted by molar-refractivity contribution is -0.121. The van der Waals surface area contributed by atoms with E-state index in [4.69, 9.17) is 22.1 Å². The molecule has 1 fully saturated rings. The fraction of sp³-hybridized carbons (Fsp3) is 0.273. The van der Waals surface area contributed by atoms with Crippen LogP contribution >= 0.6 is 11.6 Å². The van der Waals surface area contributed by atoms with Gasteiger partial charge in [0.2, 0.25) is 5.91 Å². The van der Waals surface area contributed by atoms with E-state index < -0.39 is 11.9 Å². The van der Waals surface area contributed by atoms with E-state index in [2.05, 4.69) is 0 Å². The molecule has 5 nitrogen and oxygen atoms in total. The molecule has 1 aliphatic rings. The van der Waals surface area contributed by atoms with Crippen molar-refractivity contribution in [3.8, 4) is 5.75 Å². The lowest BCUT2D eigenvalue weighted by Gasteiger charge is -2.15. The minimum atomic E-state index is -0.761. The SMILES string of the molecule is COc1ccc(N2C(=O)C[C@@H](N)C2=O)cc1Cl. The van der Waals surface area contributed by atoms with Gasteiger partial charge in [-0.3, -0.25) is 9.59 Å². The smallest absolute Gasteiger partial charge is 0.251 e. The topological polar surface area (TPSA) is 72.6 Å². The zero-order chi connectivity index (χ0) is 12.6. The van der Waals surface area contributed by atoms with Gasteiger partial charge in [0.1, 0.15) is 5.75 Å². The molecule has 6 heteroatoms. The number of nitrogens with two attached hydrogens (primary N) is 1. The Labute approximate surface area is 103 Å². The third kappa shape index (κ3) is 1.99. The summed E-state index contributed by atoms with van der Waals surface area (Å²) in [5, 5.41) is 0.339. The Morgan fingerprint density at radius 2 is 2.18 bits per heavy atom. The second-order valence-electron chi connectivity index (χ2n) is 3.70. The number of rotatable bonds is 2. The van der Waals surface area contributed by atoms with Gasteiger partial charge in [-0.2, -0.15) is 0 Å². The predicted molar refractivity (Wildman–Crippen MR) is 63.1 cm³/mol. The number of nitrogens with zero attached hydrogens (tertiary/aromatic N) is 1. The highest BCUT2D eigenvalue weighted by atomic mass is 35.5. The van der Waals surface area contributed by atoms with Crippen molar-refractivity contribution in [1.29, 1.82) is 0 Å². The van der Waals surface area contributed by atoms with Crippen LogP contribution in [-0.4, -0.2) is 25.0 Å². The standard InChI is InChI=1S/C11H11ClN2O3/c1-17-9-3-2-6(4-7(9)12)14-10(15)5-8(13)11(14)16/h2-4,8H,5,13H2,1H3/t8-/m1/s1. The molecular formula is C11H11ClN2O3. The van der Waals surface area contributed by atoms with Crippen molar-refractivity contribution in [2.45, 2.75) is 12.5 Å². The van der Waals surface area contributed by atoms with Crippen molar-refractivity contribution in [3.05, 3.63) is 23.2 Å². The van der Waals surface area contributed by atoms with Gasteiger partial charge < -0.3 is 10.5 Å². The summed E-state index contributed by atoms with van der Waals surface area (Å²) in [6.07, 6.45) is 0.0302. The van der Waals surface area contributed by atoms with Gasteiger partial charge in [-0.1, -0.05) is 11.6 Å². The molecule has 90 valence electrons. The molecule has 0 bridgehead atoms. The van der Waals surface area contributed by atoms with E-state index in [1.54, 1.807) is 12.1 Å². The molecule has 1 aliphatic heterocycles. The van der Waals surface area contributed by atoms with Gasteiger partial charge in [-0.25, -0.2) is 4.90 Å². The van der Waals surface area contributed by atoms with E-state index in [0.29, 0.717) is 16.5 Å². The number of halogens is 1. The Hall–Kier alpha value is -1.59. The van der Waals surface area contributed by atoms with Crippen LogP contribution in [0.1, 0.15) is 6.42 Å². The van der Waals surface area contributed by atoms with Crippen LogP contribution in [0.3, 0.4) is 0 Å². The molecule has 0 aromatic heterocycles. The molecule has 1 atom stereocenters. The molecule has 1 saturated heterocycles. The van der Waals surface area contributed by atoms with E-state index in [1.165, 1.54) is 13.2 Å². The normalized spacial score (nSPS) is 19.9. The summed E-state index contributed by atoms with van der Waals surface area (Å²) in [6.45, 7) is 0. The van der Waals surface area contributed by atoms with Crippen molar-refractivity contribution in [2.75, 3.05) is 12.0 Å². The number of hydrogen-bond acceptors (Lipinski definition) is 4. The molecule has 2 amide bonds. The molecule has 17 heavy (non-hydrogen) atoms. The van der Waals surface area contributed by atoms with Crippen LogP contribution in [0.15, 0.2) is 18.2 Å². The Morgan fingerprint density at radius 1 is 1.47 bits per heavy atom. The molecule has 0 saturated carbocycles. The molecular weight excluding hydrogens is 244 g/mol. The van der Waals surface area contributed by atoms with Crippen LogP contribution in [0.4, 0.5) is 5.69 Å². The van der Waals surface area contributed by atoms with Crippen molar-refractivity contribution in [1.82, 2.24) is 0 Å². The first-order chi connectivity index (χ1) is 8.04. The molecule has 0 spiro atoms. The number of anilines is 1. The summed E-state index contributed by atoms with van der Waals surface area (Å²) in [7, 11) is 1.49. The first kappa shape index (κ1) is 11.9. The van der Waals surface area contributed by atoms with E-state index in [9.17, 15) is 9.59 Å². The number of carbonyl (C=O) groups excluding carboxylic acids is 2. The number of carbonyl (C=O) groups is 2. The van der Waals surface area contributed by atoms with Crippen molar-refractivity contribution >= 4 is 29.1 Å². The van der Waals surface area contributed by atoms with Crippen molar-refractivity contribution in [3.63, 3.8) is 0 Å². The fourth-order valence-electron chi connectivity index (χ4n) is 1.72. The monoisotopic (exact) mass is 254 g/mol. The predicted octanol–water partition coefficient (Wildman–Crippen LogP) is 0.939. The third-order valence-electron chi connectivity index (χ3n) is 2.58. The average Bonchev–Trinajstić information content (AvgIpc) is 2.53. The maximum absolute atomic E-state index is 11.7. The zero-order valence-electron chi connectivity index (χ0n) is 9.14. The third-order valence-corrected chi connectivity index (χ3v) is 2.87. The average molecular weight is 255 g/mol. The summed E-state index contributed by atoms with van der Waals surface area (Å²) in [6, 6.07) is 3.94. The molecule has 2 N–H and O–H groups in total. The van der Waals surface area contributed by atoms with Crippen LogP contribution in [0.5, 0.6) is 5.75 Å². The zero-order valence-corrected chi connectivity index (χ0v) is 9.90. The van der Waals surface area contributed by atoms with E-state index in [0.717, 1.165) is 4.90 Å². The van der Waals surface area contributed by atoms with Gasteiger partial charge in [0.05, 0.1) is 30.3 Å². The highest BCUT2D eigenvalue weighted by molar-refractivity contribution is 6.32. The lowest BCUT2D eigenvalue weighted by atomic mass is 10.2. The number of hydrogen-bond donors (Lipinski definition) is 1. The minimum absolute atomic E-state index is 0.0302. The van der Waals surface area contributed by atoms with Crippen LogP contribution in [-0.2, 0) is 9.59 Å². The van der Waals surface area contributed by atoms with Gasteiger partial charge >= 0.3 is 0 Å². The first-order valence-electron chi connectivity index (χ1n) is 5.00. The molecule has 1 aromatic carbocycles. The van der Waals surface area contributed by atoms with Gasteiger partial charge in [0, 0.05) is 0 Å². The molecule has 1 heterocycles. The van der Waals surface area contributed by atoms with Crippen molar-refractivity contribution in [2.24, 2.45) is 5.73 Å². The quantitative estimate of drug-likeness (QED) is 0.798. The molecule has 0 aliphatic carbocycles. The van der Waals surface area contributed by atoms with E-state index in [-0.39, 0.29) is 12.3 Å². The van der Waals surface area contributed by atoms with Crippen LogP contribution in [0, 0.1) is 0 Å². The largest absolute Gasteiger partial charge is 0.495 e. The van der Waals surface area contributed by atoms with Crippen molar-refractivity contribution < 1.29 is 14.3 Å². The molecule has 2 rings (SSSR count). The van der Waals surface area contributed by atoms with Gasteiger partial charge in [0.15, 0.2) is 0 Å². The summed E-state index contributed by atoms with van der Waals surface area (Å²) >= 11 is 5.93. The number of methoxy groups -OCH3 is 1. The van der Waals surface area contributed by atoms with E-state index in [1.807, 2.05) is 0 Å². The van der Waals surface area contributed by atoms with E-state index >= 15 is 0 Å². The second kappa shape index (κ2) is 4.35. The summed E-state index contributed by atoms with van der Waals surface area (Å²) in [5.74, 6) is -0.237. The van der Waals surface area contributed by atoms with Crippen LogP contribution in [0.2, 0.25) is 5.02 Å². The number of imide groups is 1. The number of ether oxygens (including phenoxy) is 1. The molecule has 0 radical (unpaired) electrons. The number of amides is 2.